The van der Waals surface area contributed by atoms with E-state index in [-0.39, 0.29) is 18.5 Å². The molecule has 7 nitrogen and oxygen atoms in total. The molecule has 7 heteroatoms. The molecule has 1 aliphatic rings. The van der Waals surface area contributed by atoms with Crippen LogP contribution in [0.15, 0.2) is 84.9 Å². The summed E-state index contributed by atoms with van der Waals surface area (Å²) in [5, 5.41) is 5.40. The molecule has 1 fully saturated rings. The Morgan fingerprint density at radius 1 is 0.868 bits per heavy atom. The number of anilines is 1. The van der Waals surface area contributed by atoms with Crippen molar-refractivity contribution in [2.45, 2.75) is 44.7 Å². The number of esters is 1. The second-order valence-corrected chi connectivity index (χ2v) is 9.69. The van der Waals surface area contributed by atoms with Gasteiger partial charge in [0.05, 0.1) is 19.2 Å². The molecule has 0 unspecified atom stereocenters. The third-order valence-electron chi connectivity index (χ3n) is 7.07. The normalized spacial score (nSPS) is 16.8. The van der Waals surface area contributed by atoms with Gasteiger partial charge in [-0.1, -0.05) is 79.6 Å². The Labute approximate surface area is 224 Å². The number of rotatable bonds is 9. The molecule has 0 saturated heterocycles. The second-order valence-electron chi connectivity index (χ2n) is 9.69. The maximum absolute atomic E-state index is 13.6. The van der Waals surface area contributed by atoms with Gasteiger partial charge in [-0.15, -0.1) is 0 Å². The summed E-state index contributed by atoms with van der Waals surface area (Å²) in [7, 11) is 1.30. The molecular formula is C31H35N3O4. The van der Waals surface area contributed by atoms with E-state index in [1.165, 1.54) is 18.7 Å². The van der Waals surface area contributed by atoms with Gasteiger partial charge in [0.1, 0.15) is 0 Å². The lowest BCUT2D eigenvalue weighted by atomic mass is 9.79. The van der Waals surface area contributed by atoms with Gasteiger partial charge in [0.2, 0.25) is 5.91 Å². The number of methoxy groups -OCH3 is 1. The average molecular weight is 514 g/mol. The Hall–Kier alpha value is -4.13. The van der Waals surface area contributed by atoms with Gasteiger partial charge in [-0.3, -0.25) is 4.79 Å². The zero-order chi connectivity index (χ0) is 26.7. The highest BCUT2D eigenvalue weighted by atomic mass is 16.5. The number of benzene rings is 3. The standard InChI is InChI=1S/C31H35N3O4/c1-38-30(36)26-16-10-17-27(20-26)33-31(37)32-21-29(35)34(22-24-13-6-3-7-14-24)28-18-9-8-15-25(28)19-23-11-4-2-5-12-23/h2-7,10-14,16-17,20,25,28H,8-9,15,18-19,21-22H2,1H3,(H2,32,33,37)/t25-,28+/m0/s1. The van der Waals surface area contributed by atoms with Crippen molar-refractivity contribution in [3.63, 3.8) is 0 Å². The van der Waals surface area contributed by atoms with Crippen molar-refractivity contribution in [2.24, 2.45) is 5.92 Å². The van der Waals surface area contributed by atoms with Crippen molar-refractivity contribution in [3.05, 3.63) is 102 Å². The topological polar surface area (TPSA) is 87.7 Å². The smallest absolute Gasteiger partial charge is 0.337 e. The van der Waals surface area contributed by atoms with Crippen LogP contribution in [-0.4, -0.2) is 42.5 Å². The minimum Gasteiger partial charge on any atom is -0.465 e. The van der Waals surface area contributed by atoms with E-state index in [0.29, 0.717) is 23.7 Å². The number of carbonyl (C=O) groups excluding carboxylic acids is 3. The average Bonchev–Trinajstić information content (AvgIpc) is 2.96. The van der Waals surface area contributed by atoms with E-state index < -0.39 is 12.0 Å². The van der Waals surface area contributed by atoms with Gasteiger partial charge >= 0.3 is 12.0 Å². The van der Waals surface area contributed by atoms with Crippen molar-refractivity contribution in [2.75, 3.05) is 19.0 Å². The first-order valence-electron chi connectivity index (χ1n) is 13.1. The summed E-state index contributed by atoms with van der Waals surface area (Å²) in [5.41, 5.74) is 3.11. The van der Waals surface area contributed by atoms with Crippen molar-refractivity contribution in [3.8, 4) is 0 Å². The third kappa shape index (κ3) is 7.44. The Morgan fingerprint density at radius 2 is 1.55 bits per heavy atom. The van der Waals surface area contributed by atoms with Gasteiger partial charge in [-0.25, -0.2) is 9.59 Å². The molecule has 0 bridgehead atoms. The number of nitrogens with zero attached hydrogens (tertiary/aromatic N) is 1. The van der Waals surface area contributed by atoms with Crippen molar-refractivity contribution >= 4 is 23.6 Å². The number of carbonyl (C=O) groups is 3. The molecule has 0 heterocycles. The summed E-state index contributed by atoms with van der Waals surface area (Å²) in [6.07, 6.45) is 5.19. The lowest BCUT2D eigenvalue weighted by molar-refractivity contribution is -0.135. The van der Waals surface area contributed by atoms with Crippen molar-refractivity contribution < 1.29 is 19.1 Å². The number of nitrogens with one attached hydrogen (secondary N) is 2. The second kappa shape index (κ2) is 13.4. The minimum absolute atomic E-state index is 0.0956. The molecule has 0 aliphatic heterocycles. The Kier molecular flexibility index (Phi) is 9.51. The number of urea groups is 1. The highest BCUT2D eigenvalue weighted by Crippen LogP contribution is 2.32. The van der Waals surface area contributed by atoms with Crippen LogP contribution in [0.4, 0.5) is 10.5 Å². The van der Waals surface area contributed by atoms with Crippen LogP contribution in [0, 0.1) is 5.92 Å². The number of amides is 3. The number of hydrogen-bond donors (Lipinski definition) is 2. The fraction of sp³-hybridized carbons (Fsp3) is 0.323. The molecule has 0 aromatic heterocycles. The molecule has 38 heavy (non-hydrogen) atoms. The quantitative estimate of drug-likeness (QED) is 0.374. The molecule has 0 spiro atoms. The SMILES string of the molecule is COC(=O)c1cccc(NC(=O)NCC(=O)N(Cc2ccccc2)[C@@H]2CCCC[C@H]2Cc2ccccc2)c1. The molecule has 2 atom stereocenters. The van der Waals surface area contributed by atoms with E-state index in [2.05, 4.69) is 34.9 Å². The van der Waals surface area contributed by atoms with E-state index in [1.54, 1.807) is 18.2 Å². The van der Waals surface area contributed by atoms with Crippen molar-refractivity contribution in [1.29, 1.82) is 0 Å². The van der Waals surface area contributed by atoms with Gasteiger partial charge in [0.15, 0.2) is 0 Å². The van der Waals surface area contributed by atoms with Gasteiger partial charge < -0.3 is 20.3 Å². The summed E-state index contributed by atoms with van der Waals surface area (Å²) in [6.45, 7) is 0.379. The van der Waals surface area contributed by atoms with Crippen LogP contribution in [0.3, 0.4) is 0 Å². The maximum Gasteiger partial charge on any atom is 0.337 e. The molecule has 3 aromatic rings. The molecule has 1 aliphatic carbocycles. The third-order valence-corrected chi connectivity index (χ3v) is 7.07. The lowest BCUT2D eigenvalue weighted by Gasteiger charge is -2.40. The summed E-state index contributed by atoms with van der Waals surface area (Å²) in [6, 6.07) is 26.5. The van der Waals surface area contributed by atoms with Gasteiger partial charge in [0, 0.05) is 18.3 Å². The van der Waals surface area contributed by atoms with E-state index in [4.69, 9.17) is 4.74 Å². The zero-order valence-electron chi connectivity index (χ0n) is 21.8. The Bertz CT molecular complexity index is 1220. The largest absolute Gasteiger partial charge is 0.465 e. The highest BCUT2D eigenvalue weighted by molar-refractivity contribution is 5.95. The molecule has 4 rings (SSSR count). The van der Waals surface area contributed by atoms with Gasteiger partial charge in [0.25, 0.3) is 0 Å². The van der Waals surface area contributed by atoms with E-state index in [1.807, 2.05) is 41.3 Å². The molecule has 198 valence electrons. The summed E-state index contributed by atoms with van der Waals surface area (Å²) in [4.78, 5) is 40.0. The van der Waals surface area contributed by atoms with E-state index in [9.17, 15) is 14.4 Å². The fourth-order valence-corrected chi connectivity index (χ4v) is 5.20. The van der Waals surface area contributed by atoms with Gasteiger partial charge in [-0.2, -0.15) is 0 Å². The number of hydrogen-bond acceptors (Lipinski definition) is 4. The van der Waals surface area contributed by atoms with Gasteiger partial charge in [-0.05, 0) is 54.5 Å². The lowest BCUT2D eigenvalue weighted by Crippen LogP contribution is -2.50. The summed E-state index contributed by atoms with van der Waals surface area (Å²) >= 11 is 0. The van der Waals surface area contributed by atoms with Crippen LogP contribution in [0.5, 0.6) is 0 Å². The predicted molar refractivity (Wildman–Crippen MR) is 148 cm³/mol. The predicted octanol–water partition coefficient (Wildman–Crippen LogP) is 5.43. The maximum atomic E-state index is 13.6. The monoisotopic (exact) mass is 513 g/mol. The first-order chi connectivity index (χ1) is 18.5. The van der Waals surface area contributed by atoms with Crippen LogP contribution < -0.4 is 10.6 Å². The zero-order valence-corrected chi connectivity index (χ0v) is 21.8. The van der Waals surface area contributed by atoms with E-state index >= 15 is 0 Å². The van der Waals surface area contributed by atoms with E-state index in [0.717, 1.165) is 37.7 Å². The van der Waals surface area contributed by atoms with Crippen LogP contribution in [0.1, 0.15) is 47.2 Å². The molecule has 2 N–H and O–H groups in total. The fourth-order valence-electron chi connectivity index (χ4n) is 5.20. The number of ether oxygens (including phenoxy) is 1. The molecule has 0 radical (unpaired) electrons. The first-order valence-corrected chi connectivity index (χ1v) is 13.1. The molecule has 3 aromatic carbocycles. The Morgan fingerprint density at radius 3 is 2.26 bits per heavy atom. The molecule has 1 saturated carbocycles. The van der Waals surface area contributed by atoms with Crippen molar-refractivity contribution in [1.82, 2.24) is 10.2 Å². The molecular weight excluding hydrogens is 478 g/mol. The summed E-state index contributed by atoms with van der Waals surface area (Å²) in [5.74, 6) is -0.246. The van der Waals surface area contributed by atoms with Crippen LogP contribution in [0.2, 0.25) is 0 Å². The molecule has 3 amide bonds. The van der Waals surface area contributed by atoms with Crippen LogP contribution in [0.25, 0.3) is 0 Å². The first kappa shape index (κ1) is 26.9. The Balaban J connectivity index is 1.45. The summed E-state index contributed by atoms with van der Waals surface area (Å²) < 4.78 is 4.74. The van der Waals surface area contributed by atoms with Crippen LogP contribution in [-0.2, 0) is 22.5 Å². The highest BCUT2D eigenvalue weighted by Gasteiger charge is 2.33. The van der Waals surface area contributed by atoms with Crippen LogP contribution >= 0.6 is 0 Å². The minimum atomic E-state index is -0.510.